The molecule has 1 aliphatic heterocycles. The minimum Gasteiger partial charge on any atom is -0.323 e. The van der Waals surface area contributed by atoms with Crippen molar-refractivity contribution in [1.82, 2.24) is 5.32 Å². The Hall–Kier alpha value is -1.86. The number of nitrogens with one attached hydrogen (secondary N) is 2. The van der Waals surface area contributed by atoms with Crippen LogP contribution in [0, 0.1) is 11.3 Å². The van der Waals surface area contributed by atoms with Crippen LogP contribution in [-0.2, 0) is 10.3 Å². The summed E-state index contributed by atoms with van der Waals surface area (Å²) in [6, 6.07) is 9.19. The Labute approximate surface area is 81.5 Å². The van der Waals surface area contributed by atoms with Gasteiger partial charge in [-0.2, -0.15) is 5.26 Å². The van der Waals surface area contributed by atoms with E-state index in [9.17, 15) is 4.79 Å². The number of benzene rings is 1. The van der Waals surface area contributed by atoms with Gasteiger partial charge in [0.1, 0.15) is 6.07 Å². The summed E-state index contributed by atoms with van der Waals surface area (Å²) in [7, 11) is 1.60. The highest BCUT2D eigenvalue weighted by molar-refractivity contribution is 6.07. The fraction of sp³-hybridized carbons (Fsp3) is 0.200. The molecule has 0 aromatic heterocycles. The molecule has 0 bridgehead atoms. The Morgan fingerprint density at radius 1 is 1.50 bits per heavy atom. The SMILES string of the molecule is CNC1(C#N)C(=O)Nc2ccccc21. The van der Waals surface area contributed by atoms with Crippen LogP contribution in [0.25, 0.3) is 0 Å². The van der Waals surface area contributed by atoms with Gasteiger partial charge in [-0.1, -0.05) is 18.2 Å². The topological polar surface area (TPSA) is 64.9 Å². The zero-order valence-corrected chi connectivity index (χ0v) is 7.66. The van der Waals surface area contributed by atoms with Crippen molar-refractivity contribution in [3.8, 4) is 6.07 Å². The van der Waals surface area contributed by atoms with Crippen molar-refractivity contribution in [2.24, 2.45) is 0 Å². The molecule has 0 aliphatic carbocycles. The molecule has 1 aromatic rings. The number of nitrogens with zero attached hydrogens (tertiary/aromatic N) is 1. The van der Waals surface area contributed by atoms with Crippen LogP contribution in [0.3, 0.4) is 0 Å². The monoisotopic (exact) mass is 187 g/mol. The number of fused-ring (bicyclic) bond motifs is 1. The molecule has 1 unspecified atom stereocenters. The number of carbonyl (C=O) groups excluding carboxylic acids is 1. The molecular weight excluding hydrogens is 178 g/mol. The van der Waals surface area contributed by atoms with Crippen molar-refractivity contribution in [2.75, 3.05) is 12.4 Å². The highest BCUT2D eigenvalue weighted by Crippen LogP contribution is 2.34. The number of rotatable bonds is 1. The molecular formula is C10H9N3O. The van der Waals surface area contributed by atoms with Crippen molar-refractivity contribution in [1.29, 1.82) is 5.26 Å². The highest BCUT2D eigenvalue weighted by Gasteiger charge is 2.46. The van der Waals surface area contributed by atoms with Gasteiger partial charge < -0.3 is 5.32 Å². The molecule has 4 heteroatoms. The van der Waals surface area contributed by atoms with Crippen molar-refractivity contribution in [2.45, 2.75) is 5.54 Å². The van der Waals surface area contributed by atoms with E-state index < -0.39 is 5.54 Å². The average molecular weight is 187 g/mol. The van der Waals surface area contributed by atoms with Gasteiger partial charge in [-0.15, -0.1) is 0 Å². The zero-order chi connectivity index (χ0) is 10.2. The number of nitriles is 1. The summed E-state index contributed by atoms with van der Waals surface area (Å²) in [4.78, 5) is 11.6. The summed E-state index contributed by atoms with van der Waals surface area (Å²) in [6.45, 7) is 0. The molecule has 4 nitrogen and oxygen atoms in total. The van der Waals surface area contributed by atoms with Gasteiger partial charge >= 0.3 is 0 Å². The van der Waals surface area contributed by atoms with Gasteiger partial charge in [-0.25, -0.2) is 0 Å². The van der Waals surface area contributed by atoms with Gasteiger partial charge in [0, 0.05) is 11.3 Å². The predicted octanol–water partition coefficient (Wildman–Crippen LogP) is 0.577. The highest BCUT2D eigenvalue weighted by atomic mass is 16.2. The summed E-state index contributed by atoms with van der Waals surface area (Å²) in [5, 5.41) is 14.5. The Morgan fingerprint density at radius 2 is 2.21 bits per heavy atom. The molecule has 1 amide bonds. The minimum atomic E-state index is -1.23. The van der Waals surface area contributed by atoms with Crippen molar-refractivity contribution >= 4 is 11.6 Å². The number of para-hydroxylation sites is 1. The quantitative estimate of drug-likeness (QED) is 0.675. The van der Waals surface area contributed by atoms with Crippen LogP contribution in [0.4, 0.5) is 5.69 Å². The third-order valence-electron chi connectivity index (χ3n) is 2.46. The Bertz CT molecular complexity index is 435. The first kappa shape index (κ1) is 8.73. The Morgan fingerprint density at radius 3 is 2.86 bits per heavy atom. The fourth-order valence-electron chi connectivity index (χ4n) is 1.67. The normalized spacial score (nSPS) is 23.9. The maximum atomic E-state index is 11.6. The van der Waals surface area contributed by atoms with Crippen LogP contribution in [-0.4, -0.2) is 13.0 Å². The maximum absolute atomic E-state index is 11.6. The third kappa shape index (κ3) is 0.874. The number of amides is 1. The summed E-state index contributed by atoms with van der Waals surface area (Å²) in [5.74, 6) is -0.316. The molecule has 2 rings (SSSR count). The predicted molar refractivity (Wildman–Crippen MR) is 51.4 cm³/mol. The van der Waals surface area contributed by atoms with Gasteiger partial charge in [0.25, 0.3) is 5.91 Å². The van der Waals surface area contributed by atoms with Crippen LogP contribution in [0.2, 0.25) is 0 Å². The molecule has 0 spiro atoms. The molecule has 0 radical (unpaired) electrons. The first-order valence-corrected chi connectivity index (χ1v) is 4.26. The first-order valence-electron chi connectivity index (χ1n) is 4.26. The lowest BCUT2D eigenvalue weighted by Gasteiger charge is -2.17. The largest absolute Gasteiger partial charge is 0.323 e. The molecule has 1 heterocycles. The number of anilines is 1. The first-order chi connectivity index (χ1) is 6.74. The molecule has 14 heavy (non-hydrogen) atoms. The van der Waals surface area contributed by atoms with E-state index in [1.165, 1.54) is 0 Å². The standard InChI is InChI=1S/C10H9N3O/c1-12-10(6-11)7-4-2-3-5-8(7)13-9(10)14/h2-5,12H,1H3,(H,13,14). The molecule has 1 atom stereocenters. The summed E-state index contributed by atoms with van der Waals surface area (Å²) < 4.78 is 0. The van der Waals surface area contributed by atoms with Crippen molar-refractivity contribution in [3.63, 3.8) is 0 Å². The van der Waals surface area contributed by atoms with Gasteiger partial charge in [-0.3, -0.25) is 10.1 Å². The number of hydrogen-bond acceptors (Lipinski definition) is 3. The fourth-order valence-corrected chi connectivity index (χ4v) is 1.67. The van der Waals surface area contributed by atoms with Crippen LogP contribution >= 0.6 is 0 Å². The molecule has 1 aliphatic rings. The molecule has 0 saturated carbocycles. The van der Waals surface area contributed by atoms with Crippen LogP contribution < -0.4 is 10.6 Å². The van der Waals surface area contributed by atoms with Crippen LogP contribution in [0.5, 0.6) is 0 Å². The lowest BCUT2D eigenvalue weighted by atomic mass is 9.93. The van der Waals surface area contributed by atoms with Gasteiger partial charge in [-0.05, 0) is 13.1 Å². The molecule has 0 fully saturated rings. The average Bonchev–Trinajstić information content (AvgIpc) is 2.50. The summed E-state index contributed by atoms with van der Waals surface area (Å²) >= 11 is 0. The number of likely N-dealkylation sites (N-methyl/N-ethyl adjacent to an activating group) is 1. The van der Waals surface area contributed by atoms with Crippen LogP contribution in [0.1, 0.15) is 5.56 Å². The van der Waals surface area contributed by atoms with Crippen molar-refractivity contribution in [3.05, 3.63) is 29.8 Å². The number of hydrogen-bond donors (Lipinski definition) is 2. The Balaban J connectivity index is 2.66. The second-order valence-electron chi connectivity index (χ2n) is 3.11. The number of carbonyl (C=O) groups is 1. The zero-order valence-electron chi connectivity index (χ0n) is 7.66. The van der Waals surface area contributed by atoms with Gasteiger partial charge in [0.15, 0.2) is 0 Å². The van der Waals surface area contributed by atoms with E-state index in [-0.39, 0.29) is 5.91 Å². The van der Waals surface area contributed by atoms with Gasteiger partial charge in [0.2, 0.25) is 5.54 Å². The van der Waals surface area contributed by atoms with E-state index in [1.807, 2.05) is 18.2 Å². The minimum absolute atomic E-state index is 0.316. The van der Waals surface area contributed by atoms with E-state index in [2.05, 4.69) is 10.6 Å². The lowest BCUT2D eigenvalue weighted by Crippen LogP contribution is -2.44. The van der Waals surface area contributed by atoms with E-state index >= 15 is 0 Å². The van der Waals surface area contributed by atoms with Gasteiger partial charge in [0.05, 0.1) is 0 Å². The summed E-state index contributed by atoms with van der Waals surface area (Å²) in [5.41, 5.74) is 0.166. The molecule has 2 N–H and O–H groups in total. The lowest BCUT2D eigenvalue weighted by molar-refractivity contribution is -0.119. The summed E-state index contributed by atoms with van der Waals surface area (Å²) in [6.07, 6.45) is 0. The second-order valence-corrected chi connectivity index (χ2v) is 3.11. The molecule has 0 saturated heterocycles. The smallest absolute Gasteiger partial charge is 0.264 e. The van der Waals surface area contributed by atoms with E-state index in [4.69, 9.17) is 5.26 Å². The molecule has 70 valence electrons. The third-order valence-corrected chi connectivity index (χ3v) is 2.46. The molecule has 1 aromatic carbocycles. The second kappa shape index (κ2) is 2.82. The van der Waals surface area contributed by atoms with Crippen LogP contribution in [0.15, 0.2) is 24.3 Å². The Kier molecular flexibility index (Phi) is 1.76. The van der Waals surface area contributed by atoms with E-state index in [1.54, 1.807) is 19.2 Å². The van der Waals surface area contributed by atoms with Crippen molar-refractivity contribution < 1.29 is 4.79 Å². The van der Waals surface area contributed by atoms with E-state index in [0.29, 0.717) is 11.3 Å². The van der Waals surface area contributed by atoms with E-state index in [0.717, 1.165) is 0 Å². The maximum Gasteiger partial charge on any atom is 0.264 e.